The third-order valence-corrected chi connectivity index (χ3v) is 3.64. The maximum atomic E-state index is 11.7. The SMILES string of the molecule is CC(C)n1ccc(C(=O)NS(=O)(=O)CCCC#N)n1. The first-order chi connectivity index (χ1) is 8.85. The second-order valence-electron chi connectivity index (χ2n) is 4.29. The van der Waals surface area contributed by atoms with E-state index < -0.39 is 15.9 Å². The third-order valence-electron chi connectivity index (χ3n) is 2.32. The highest BCUT2D eigenvalue weighted by molar-refractivity contribution is 7.90. The second kappa shape index (κ2) is 6.33. The number of nitriles is 1. The van der Waals surface area contributed by atoms with E-state index in [0.717, 1.165) is 0 Å². The van der Waals surface area contributed by atoms with E-state index >= 15 is 0 Å². The Morgan fingerprint density at radius 2 is 2.26 bits per heavy atom. The van der Waals surface area contributed by atoms with E-state index in [1.807, 2.05) is 24.6 Å². The zero-order valence-electron chi connectivity index (χ0n) is 10.8. The van der Waals surface area contributed by atoms with Gasteiger partial charge in [-0.05, 0) is 26.3 Å². The summed E-state index contributed by atoms with van der Waals surface area (Å²) in [5, 5.41) is 12.3. The molecular formula is C11H16N4O3S. The molecule has 0 spiro atoms. The Morgan fingerprint density at radius 1 is 1.58 bits per heavy atom. The predicted octanol–water partition coefficient (Wildman–Crippen LogP) is 0.827. The molecule has 7 nitrogen and oxygen atoms in total. The number of hydrogen-bond donors (Lipinski definition) is 1. The Kier molecular flexibility index (Phi) is 5.06. The van der Waals surface area contributed by atoms with Crippen molar-refractivity contribution in [3.05, 3.63) is 18.0 Å². The molecule has 0 bridgehead atoms. The predicted molar refractivity (Wildman–Crippen MR) is 68.7 cm³/mol. The first-order valence-corrected chi connectivity index (χ1v) is 7.48. The second-order valence-corrected chi connectivity index (χ2v) is 6.13. The highest BCUT2D eigenvalue weighted by atomic mass is 32.2. The topological polar surface area (TPSA) is 105 Å². The quantitative estimate of drug-likeness (QED) is 0.779. The lowest BCUT2D eigenvalue weighted by molar-refractivity contribution is 0.0975. The number of sulfonamides is 1. The van der Waals surface area contributed by atoms with Crippen molar-refractivity contribution in [2.75, 3.05) is 5.75 Å². The Hall–Kier alpha value is -1.88. The van der Waals surface area contributed by atoms with Gasteiger partial charge in [-0.3, -0.25) is 9.48 Å². The molecule has 1 aromatic heterocycles. The van der Waals surface area contributed by atoms with Crippen molar-refractivity contribution in [1.82, 2.24) is 14.5 Å². The van der Waals surface area contributed by atoms with E-state index in [0.29, 0.717) is 0 Å². The summed E-state index contributed by atoms with van der Waals surface area (Å²) in [5.41, 5.74) is 0.0533. The summed E-state index contributed by atoms with van der Waals surface area (Å²) in [6, 6.07) is 3.40. The number of aromatic nitrogens is 2. The van der Waals surface area contributed by atoms with Crippen LogP contribution in [0.25, 0.3) is 0 Å². The Labute approximate surface area is 112 Å². The minimum absolute atomic E-state index is 0.0533. The zero-order valence-corrected chi connectivity index (χ0v) is 11.6. The monoisotopic (exact) mass is 284 g/mol. The van der Waals surface area contributed by atoms with E-state index in [1.54, 1.807) is 10.9 Å². The molecule has 19 heavy (non-hydrogen) atoms. The van der Waals surface area contributed by atoms with E-state index in [-0.39, 0.29) is 30.3 Å². The Bertz CT molecular complexity index is 583. The minimum atomic E-state index is -3.71. The Morgan fingerprint density at radius 3 is 2.79 bits per heavy atom. The lowest BCUT2D eigenvalue weighted by atomic mass is 10.4. The number of nitrogens with zero attached hydrogens (tertiary/aromatic N) is 3. The van der Waals surface area contributed by atoms with Gasteiger partial charge in [0, 0.05) is 18.7 Å². The average molecular weight is 284 g/mol. The molecule has 0 radical (unpaired) electrons. The first-order valence-electron chi connectivity index (χ1n) is 5.82. The smallest absolute Gasteiger partial charge is 0.269 e. The van der Waals surface area contributed by atoms with Crippen LogP contribution in [0.15, 0.2) is 12.3 Å². The van der Waals surface area contributed by atoms with Crippen molar-refractivity contribution in [2.24, 2.45) is 0 Å². The summed E-state index contributed by atoms with van der Waals surface area (Å²) in [6.07, 6.45) is 1.94. The van der Waals surface area contributed by atoms with Gasteiger partial charge in [-0.15, -0.1) is 0 Å². The van der Waals surface area contributed by atoms with Gasteiger partial charge in [-0.1, -0.05) is 0 Å². The molecule has 0 atom stereocenters. The fourth-order valence-corrected chi connectivity index (χ4v) is 2.35. The number of hydrogen-bond acceptors (Lipinski definition) is 5. The van der Waals surface area contributed by atoms with Gasteiger partial charge in [0.25, 0.3) is 5.91 Å². The number of nitrogens with one attached hydrogen (secondary N) is 1. The van der Waals surface area contributed by atoms with Crippen LogP contribution in [0, 0.1) is 11.3 Å². The Balaban J connectivity index is 2.66. The van der Waals surface area contributed by atoms with Crippen LogP contribution in [0.1, 0.15) is 43.2 Å². The molecule has 0 aliphatic rings. The van der Waals surface area contributed by atoms with Crippen molar-refractivity contribution >= 4 is 15.9 Å². The number of carbonyl (C=O) groups excluding carboxylic acids is 1. The third kappa shape index (κ3) is 4.71. The summed E-state index contributed by atoms with van der Waals surface area (Å²) in [6.45, 7) is 3.79. The van der Waals surface area contributed by atoms with Crippen molar-refractivity contribution in [1.29, 1.82) is 5.26 Å². The molecule has 1 N–H and O–H groups in total. The van der Waals surface area contributed by atoms with Gasteiger partial charge < -0.3 is 0 Å². The van der Waals surface area contributed by atoms with Gasteiger partial charge in [-0.2, -0.15) is 10.4 Å². The highest BCUT2D eigenvalue weighted by Crippen LogP contribution is 2.04. The molecular weight excluding hydrogens is 268 g/mol. The van der Waals surface area contributed by atoms with Gasteiger partial charge in [-0.25, -0.2) is 13.1 Å². The summed E-state index contributed by atoms with van der Waals surface area (Å²) in [7, 11) is -3.71. The van der Waals surface area contributed by atoms with Gasteiger partial charge in [0.15, 0.2) is 5.69 Å². The minimum Gasteiger partial charge on any atom is -0.269 e. The lowest BCUT2D eigenvalue weighted by Crippen LogP contribution is -2.32. The molecule has 0 saturated carbocycles. The molecule has 0 saturated heterocycles. The van der Waals surface area contributed by atoms with E-state index in [4.69, 9.17) is 5.26 Å². The molecule has 104 valence electrons. The number of unbranched alkanes of at least 4 members (excludes halogenated alkanes) is 1. The van der Waals surface area contributed by atoms with Gasteiger partial charge >= 0.3 is 0 Å². The molecule has 0 aliphatic heterocycles. The molecule has 8 heteroatoms. The standard InChI is InChI=1S/C11H16N4O3S/c1-9(2)15-7-5-10(13-15)11(16)14-19(17,18)8-4-3-6-12/h5,7,9H,3-4,8H2,1-2H3,(H,14,16). The van der Waals surface area contributed by atoms with Crippen LogP contribution in [0.4, 0.5) is 0 Å². The molecule has 1 rings (SSSR count). The van der Waals surface area contributed by atoms with Crippen LogP contribution in [-0.2, 0) is 10.0 Å². The van der Waals surface area contributed by atoms with Gasteiger partial charge in [0.05, 0.1) is 11.8 Å². The fourth-order valence-electron chi connectivity index (χ4n) is 1.33. The van der Waals surface area contributed by atoms with Crippen molar-refractivity contribution in [2.45, 2.75) is 32.7 Å². The van der Waals surface area contributed by atoms with Crippen LogP contribution in [-0.4, -0.2) is 29.9 Å². The summed E-state index contributed by atoms with van der Waals surface area (Å²) in [5.74, 6) is -1.01. The van der Waals surface area contributed by atoms with Crippen molar-refractivity contribution in [3.63, 3.8) is 0 Å². The largest absolute Gasteiger partial charge is 0.285 e. The summed E-state index contributed by atoms with van der Waals surface area (Å²) < 4.78 is 26.6. The van der Waals surface area contributed by atoms with E-state index in [1.165, 1.54) is 6.07 Å². The normalized spacial score (nSPS) is 11.3. The number of carbonyl (C=O) groups is 1. The molecule has 1 heterocycles. The molecule has 1 aromatic rings. The lowest BCUT2D eigenvalue weighted by Gasteiger charge is -2.05. The maximum Gasteiger partial charge on any atom is 0.285 e. The molecule has 1 amide bonds. The van der Waals surface area contributed by atoms with Crippen LogP contribution in [0.5, 0.6) is 0 Å². The molecule has 0 unspecified atom stereocenters. The van der Waals surface area contributed by atoms with Crippen molar-refractivity contribution < 1.29 is 13.2 Å². The maximum absolute atomic E-state index is 11.7. The molecule has 0 aliphatic carbocycles. The fraction of sp³-hybridized carbons (Fsp3) is 0.545. The van der Waals surface area contributed by atoms with Gasteiger partial charge in [0.1, 0.15) is 0 Å². The first kappa shape index (κ1) is 15.2. The molecule has 0 fully saturated rings. The number of amides is 1. The summed E-state index contributed by atoms with van der Waals surface area (Å²) in [4.78, 5) is 11.7. The van der Waals surface area contributed by atoms with Gasteiger partial charge in [0.2, 0.25) is 10.0 Å². The highest BCUT2D eigenvalue weighted by Gasteiger charge is 2.18. The van der Waals surface area contributed by atoms with Crippen molar-refractivity contribution in [3.8, 4) is 6.07 Å². The summed E-state index contributed by atoms with van der Waals surface area (Å²) >= 11 is 0. The van der Waals surface area contributed by atoms with Crippen LogP contribution < -0.4 is 4.72 Å². The zero-order chi connectivity index (χ0) is 14.5. The van der Waals surface area contributed by atoms with E-state index in [2.05, 4.69) is 5.10 Å². The van der Waals surface area contributed by atoms with Crippen LogP contribution in [0.3, 0.4) is 0 Å². The van der Waals surface area contributed by atoms with E-state index in [9.17, 15) is 13.2 Å². The molecule has 0 aromatic carbocycles. The van der Waals surface area contributed by atoms with Crippen LogP contribution in [0.2, 0.25) is 0 Å². The average Bonchev–Trinajstić information content (AvgIpc) is 2.77. The number of rotatable bonds is 6. The van der Waals surface area contributed by atoms with Crippen LogP contribution >= 0.6 is 0 Å².